The van der Waals surface area contributed by atoms with E-state index in [9.17, 15) is 0 Å². The number of rotatable bonds is 22. The van der Waals surface area contributed by atoms with Gasteiger partial charge in [-0.3, -0.25) is 0 Å². The Morgan fingerprint density at radius 3 is 0.846 bits per heavy atom. The molecule has 0 saturated heterocycles. The van der Waals surface area contributed by atoms with Gasteiger partial charge in [0.05, 0.1) is 0 Å². The fraction of sp³-hybridized carbons (Fsp3) is 1.00. The van der Waals surface area contributed by atoms with Gasteiger partial charge in [-0.1, -0.05) is 142 Å². The van der Waals surface area contributed by atoms with E-state index in [0.29, 0.717) is 0 Å². The van der Waals surface area contributed by atoms with E-state index in [-0.39, 0.29) is 18.9 Å². The average Bonchev–Trinajstić information content (AvgIpc) is 2.63. The fourth-order valence-corrected chi connectivity index (χ4v) is 3.53. The molecule has 0 unspecified atom stereocenters. The summed E-state index contributed by atoms with van der Waals surface area (Å²) in [4.78, 5) is 0. The van der Waals surface area contributed by atoms with Gasteiger partial charge in [0.15, 0.2) is 0 Å². The summed E-state index contributed by atoms with van der Waals surface area (Å²) in [5.74, 6) is 0. The second-order valence-electron chi connectivity index (χ2n) is 8.03. The third-order valence-corrected chi connectivity index (χ3v) is 5.34. The summed E-state index contributed by atoms with van der Waals surface area (Å²) in [7, 11) is 0. The van der Waals surface area contributed by atoms with Crippen LogP contribution in [0, 0.1) is 0 Å². The molecule has 0 aromatic rings. The molecule has 0 aliphatic rings. The molecule has 0 saturated carbocycles. The van der Waals surface area contributed by atoms with Crippen LogP contribution >= 0.6 is 0 Å². The fourth-order valence-electron chi connectivity index (χ4n) is 3.53. The summed E-state index contributed by atoms with van der Waals surface area (Å²) in [6.07, 6.45) is 28.5. The molecule has 0 bridgehead atoms. The van der Waals surface area contributed by atoms with Gasteiger partial charge in [-0.15, -0.1) is 13.1 Å². The van der Waals surface area contributed by atoms with E-state index in [4.69, 9.17) is 5.32 Å². The van der Waals surface area contributed by atoms with Crippen molar-refractivity contribution in [3.05, 3.63) is 5.32 Å². The minimum absolute atomic E-state index is 0. The van der Waals surface area contributed by atoms with Gasteiger partial charge in [-0.2, -0.15) is 0 Å². The molecule has 26 heavy (non-hydrogen) atoms. The van der Waals surface area contributed by atoms with Gasteiger partial charge in [0, 0.05) is 0 Å². The van der Waals surface area contributed by atoms with Crippen LogP contribution in [-0.4, -0.2) is 13.1 Å². The molecule has 1 nitrogen and oxygen atoms in total. The first-order valence-corrected chi connectivity index (χ1v) is 12.0. The minimum Gasteiger partial charge on any atom is -0.662 e. The summed E-state index contributed by atoms with van der Waals surface area (Å²) in [6.45, 7) is 6.82. The summed E-state index contributed by atoms with van der Waals surface area (Å²) in [6, 6.07) is 0. The number of nitrogens with zero attached hydrogens (tertiary/aromatic N) is 1. The molecule has 0 aromatic carbocycles. The molecule has 0 aromatic heterocycles. The van der Waals surface area contributed by atoms with Crippen molar-refractivity contribution in [1.82, 2.24) is 0 Å². The SMILES string of the molecule is CCCCCCCCCCCC[N-]CCCCCCCCCCCC.[Li+]. The van der Waals surface area contributed by atoms with Crippen LogP contribution in [0.4, 0.5) is 0 Å². The predicted octanol–water partition coefficient (Wildman–Crippen LogP) is 6.21. The van der Waals surface area contributed by atoms with Crippen LogP contribution in [-0.2, 0) is 0 Å². The Labute approximate surface area is 179 Å². The van der Waals surface area contributed by atoms with Crippen molar-refractivity contribution in [1.29, 1.82) is 0 Å². The zero-order valence-corrected chi connectivity index (χ0v) is 19.0. The van der Waals surface area contributed by atoms with E-state index in [1.165, 1.54) is 128 Å². The predicted molar refractivity (Wildman–Crippen MR) is 117 cm³/mol. The van der Waals surface area contributed by atoms with Gasteiger partial charge in [-0.05, 0) is 0 Å². The van der Waals surface area contributed by atoms with Crippen LogP contribution < -0.4 is 18.9 Å². The largest absolute Gasteiger partial charge is 1.00 e. The molecule has 0 fully saturated rings. The first-order chi connectivity index (χ1) is 12.4. The minimum atomic E-state index is 0. The van der Waals surface area contributed by atoms with Crippen molar-refractivity contribution in [3.63, 3.8) is 0 Å². The van der Waals surface area contributed by atoms with E-state index >= 15 is 0 Å². The number of hydrogen-bond acceptors (Lipinski definition) is 0. The Morgan fingerprint density at radius 2 is 0.577 bits per heavy atom. The van der Waals surface area contributed by atoms with E-state index in [0.717, 1.165) is 13.1 Å². The molecule has 0 atom stereocenters. The molecule has 2 heteroatoms. The van der Waals surface area contributed by atoms with Crippen LogP contribution in [0.1, 0.15) is 142 Å². The quantitative estimate of drug-likeness (QED) is 0.161. The maximum atomic E-state index is 4.71. The molecule has 0 rings (SSSR count). The van der Waals surface area contributed by atoms with Crippen LogP contribution in [0.5, 0.6) is 0 Å². The second kappa shape index (κ2) is 27.8. The molecule has 152 valence electrons. The first-order valence-electron chi connectivity index (χ1n) is 12.0. The topological polar surface area (TPSA) is 14.1 Å². The van der Waals surface area contributed by atoms with Crippen LogP contribution in [0.25, 0.3) is 5.32 Å². The van der Waals surface area contributed by atoms with Gasteiger partial charge in [0.25, 0.3) is 0 Å². The second-order valence-corrected chi connectivity index (χ2v) is 8.03. The first kappa shape index (κ1) is 28.8. The third-order valence-electron chi connectivity index (χ3n) is 5.34. The Hall–Kier alpha value is 0.557. The van der Waals surface area contributed by atoms with Gasteiger partial charge in [-0.25, -0.2) is 0 Å². The monoisotopic (exact) mass is 359 g/mol. The summed E-state index contributed by atoms with van der Waals surface area (Å²) in [5.41, 5.74) is 0. The Bertz CT molecular complexity index is 198. The van der Waals surface area contributed by atoms with Crippen LogP contribution in [0.2, 0.25) is 0 Å². The van der Waals surface area contributed by atoms with Crippen molar-refractivity contribution in [2.24, 2.45) is 0 Å². The number of unbranched alkanes of at least 4 members (excludes halogenated alkanes) is 18. The molecule has 0 aliphatic carbocycles. The van der Waals surface area contributed by atoms with Crippen LogP contribution in [0.3, 0.4) is 0 Å². The molecular weight excluding hydrogens is 309 g/mol. The smallest absolute Gasteiger partial charge is 0.662 e. The van der Waals surface area contributed by atoms with Gasteiger partial charge in [0.1, 0.15) is 0 Å². The van der Waals surface area contributed by atoms with Crippen molar-refractivity contribution < 1.29 is 18.9 Å². The zero-order valence-electron chi connectivity index (χ0n) is 19.0. The molecule has 0 aliphatic heterocycles. The Kier molecular flexibility index (Phi) is 30.7. The molecule has 0 N–H and O–H groups in total. The van der Waals surface area contributed by atoms with Crippen molar-refractivity contribution in [2.45, 2.75) is 142 Å². The third kappa shape index (κ3) is 26.8. The Balaban J connectivity index is 0. The average molecular weight is 360 g/mol. The Morgan fingerprint density at radius 1 is 0.346 bits per heavy atom. The normalized spacial score (nSPS) is 10.8. The molecule has 0 radical (unpaired) electrons. The van der Waals surface area contributed by atoms with Gasteiger partial charge >= 0.3 is 18.9 Å². The van der Waals surface area contributed by atoms with E-state index in [2.05, 4.69) is 13.8 Å². The van der Waals surface area contributed by atoms with E-state index in [1.807, 2.05) is 0 Å². The molecule has 0 spiro atoms. The van der Waals surface area contributed by atoms with Gasteiger partial charge < -0.3 is 5.32 Å². The summed E-state index contributed by atoms with van der Waals surface area (Å²) in [5, 5.41) is 4.71. The zero-order chi connectivity index (χ0) is 18.3. The summed E-state index contributed by atoms with van der Waals surface area (Å²) >= 11 is 0. The van der Waals surface area contributed by atoms with E-state index in [1.54, 1.807) is 0 Å². The van der Waals surface area contributed by atoms with Crippen LogP contribution in [0.15, 0.2) is 0 Å². The van der Waals surface area contributed by atoms with E-state index < -0.39 is 0 Å². The van der Waals surface area contributed by atoms with Gasteiger partial charge in [0.2, 0.25) is 0 Å². The molecule has 0 amide bonds. The maximum absolute atomic E-state index is 4.71. The molecule has 0 heterocycles. The molecular formula is C24H50LiN. The summed E-state index contributed by atoms with van der Waals surface area (Å²) < 4.78 is 0. The van der Waals surface area contributed by atoms with Crippen molar-refractivity contribution in [2.75, 3.05) is 13.1 Å². The van der Waals surface area contributed by atoms with Crippen molar-refractivity contribution in [3.8, 4) is 0 Å². The van der Waals surface area contributed by atoms with Crippen molar-refractivity contribution >= 4 is 0 Å². The standard InChI is InChI=1S/C24H50N.Li/c1-3-5-7-9-11-13-15-17-19-21-23-25-24-22-20-18-16-14-12-10-8-6-4-2;/h3-24H2,1-2H3;/q-1;+1. The maximum Gasteiger partial charge on any atom is 1.00 e. The number of hydrogen-bond donors (Lipinski definition) is 0.